The molecule has 132 valence electrons. The average Bonchev–Trinajstić information content (AvgIpc) is 2.84. The maximum Gasteiger partial charge on any atom is 0.326 e. The molecule has 1 amide bonds. The van der Waals surface area contributed by atoms with Crippen molar-refractivity contribution in [3.05, 3.63) is 57.8 Å². The molecule has 1 fully saturated rings. The van der Waals surface area contributed by atoms with Crippen LogP contribution in [0.15, 0.2) is 40.9 Å². The molecule has 0 unspecified atom stereocenters. The van der Waals surface area contributed by atoms with Crippen molar-refractivity contribution in [2.75, 3.05) is 10.8 Å². The number of ether oxygens (including phenoxy) is 1. The summed E-state index contributed by atoms with van der Waals surface area (Å²) < 4.78 is 47.3. The zero-order chi connectivity index (χ0) is 18.2. The summed E-state index contributed by atoms with van der Waals surface area (Å²) in [6, 6.07) is 10.7. The lowest BCUT2D eigenvalue weighted by Gasteiger charge is -2.21. The molecule has 0 spiro atoms. The van der Waals surface area contributed by atoms with Crippen LogP contribution in [-0.4, -0.2) is 20.9 Å². The first-order valence-corrected chi connectivity index (χ1v) is 9.51. The van der Waals surface area contributed by atoms with Crippen LogP contribution in [-0.2, 0) is 21.6 Å². The van der Waals surface area contributed by atoms with E-state index in [1.807, 2.05) is 35.1 Å². The van der Waals surface area contributed by atoms with E-state index < -0.39 is 28.5 Å². The SMILES string of the molecule is Cc1cc(OCc2ccccc2)c(N2CC(=O)NS2(=O)=O)c(F)c1Br. The molecule has 1 saturated heterocycles. The molecule has 1 heterocycles. The highest BCUT2D eigenvalue weighted by Gasteiger charge is 2.38. The van der Waals surface area contributed by atoms with Crippen molar-refractivity contribution in [3.8, 4) is 5.75 Å². The second-order valence-corrected chi connectivity index (χ2v) is 7.87. The molecule has 3 rings (SSSR count). The lowest BCUT2D eigenvalue weighted by Crippen LogP contribution is -2.30. The third-order valence-corrected chi connectivity index (χ3v) is 5.99. The molecule has 9 heteroatoms. The number of carbonyl (C=O) groups is 1. The van der Waals surface area contributed by atoms with Gasteiger partial charge in [-0.15, -0.1) is 0 Å². The van der Waals surface area contributed by atoms with E-state index in [9.17, 15) is 17.6 Å². The van der Waals surface area contributed by atoms with Gasteiger partial charge in [0.05, 0.1) is 4.47 Å². The Balaban J connectivity index is 2.04. The lowest BCUT2D eigenvalue weighted by molar-refractivity contribution is -0.117. The zero-order valence-corrected chi connectivity index (χ0v) is 15.5. The molecule has 0 aromatic heterocycles. The van der Waals surface area contributed by atoms with Gasteiger partial charge in [0.25, 0.3) is 5.91 Å². The van der Waals surface area contributed by atoms with E-state index in [0.29, 0.717) is 9.87 Å². The smallest absolute Gasteiger partial charge is 0.326 e. The Kier molecular flexibility index (Phi) is 4.70. The van der Waals surface area contributed by atoms with Crippen molar-refractivity contribution < 1.29 is 22.3 Å². The molecule has 2 aromatic rings. The predicted octanol–water partition coefficient (Wildman–Crippen LogP) is 2.66. The topological polar surface area (TPSA) is 75.7 Å². The first-order valence-electron chi connectivity index (χ1n) is 7.28. The molecule has 1 aliphatic rings. The van der Waals surface area contributed by atoms with Gasteiger partial charge in [0.15, 0.2) is 5.82 Å². The minimum absolute atomic E-state index is 0.0436. The fourth-order valence-electron chi connectivity index (χ4n) is 2.44. The number of aryl methyl sites for hydroxylation is 1. The van der Waals surface area contributed by atoms with Crippen LogP contribution in [0.4, 0.5) is 10.1 Å². The van der Waals surface area contributed by atoms with Gasteiger partial charge in [-0.2, -0.15) is 8.42 Å². The zero-order valence-electron chi connectivity index (χ0n) is 13.1. The van der Waals surface area contributed by atoms with E-state index in [1.54, 1.807) is 6.92 Å². The highest BCUT2D eigenvalue weighted by molar-refractivity contribution is 9.10. The van der Waals surface area contributed by atoms with Crippen molar-refractivity contribution in [1.29, 1.82) is 0 Å². The number of amides is 1. The van der Waals surface area contributed by atoms with E-state index >= 15 is 0 Å². The first kappa shape index (κ1) is 17.7. The number of nitrogens with zero attached hydrogens (tertiary/aromatic N) is 1. The van der Waals surface area contributed by atoms with Crippen molar-refractivity contribution in [2.24, 2.45) is 0 Å². The monoisotopic (exact) mass is 428 g/mol. The van der Waals surface area contributed by atoms with Crippen LogP contribution in [0.1, 0.15) is 11.1 Å². The van der Waals surface area contributed by atoms with Crippen LogP contribution in [0.25, 0.3) is 0 Å². The van der Waals surface area contributed by atoms with Gasteiger partial charge >= 0.3 is 10.2 Å². The van der Waals surface area contributed by atoms with Crippen LogP contribution < -0.4 is 13.8 Å². The number of anilines is 1. The third kappa shape index (κ3) is 3.47. The van der Waals surface area contributed by atoms with E-state index in [0.717, 1.165) is 5.56 Å². The van der Waals surface area contributed by atoms with E-state index in [4.69, 9.17) is 4.74 Å². The van der Waals surface area contributed by atoms with Crippen molar-refractivity contribution >= 4 is 37.7 Å². The molecule has 1 N–H and O–H groups in total. The molecular formula is C16H14BrFN2O4S. The van der Waals surface area contributed by atoms with Gasteiger partial charge in [0.2, 0.25) is 0 Å². The normalized spacial score (nSPS) is 16.0. The number of halogens is 2. The van der Waals surface area contributed by atoms with Crippen LogP contribution in [0, 0.1) is 12.7 Å². The van der Waals surface area contributed by atoms with E-state index in [1.165, 1.54) is 6.07 Å². The summed E-state index contributed by atoms with van der Waals surface area (Å²) >= 11 is 3.10. The highest BCUT2D eigenvalue weighted by atomic mass is 79.9. The maximum atomic E-state index is 14.8. The largest absolute Gasteiger partial charge is 0.487 e. The van der Waals surface area contributed by atoms with Crippen LogP contribution in [0.5, 0.6) is 5.75 Å². The van der Waals surface area contributed by atoms with Gasteiger partial charge in [-0.3, -0.25) is 4.79 Å². The summed E-state index contributed by atoms with van der Waals surface area (Å²) in [5, 5.41) is 0. The Morgan fingerprint density at radius 1 is 1.32 bits per heavy atom. The number of nitrogens with one attached hydrogen (secondary N) is 1. The Morgan fingerprint density at radius 3 is 2.60 bits per heavy atom. The Morgan fingerprint density at radius 2 is 2.00 bits per heavy atom. The molecular weight excluding hydrogens is 415 g/mol. The first-order chi connectivity index (χ1) is 11.8. The molecule has 1 aliphatic heterocycles. The van der Waals surface area contributed by atoms with E-state index in [2.05, 4.69) is 15.9 Å². The number of hydrogen-bond donors (Lipinski definition) is 1. The van der Waals surface area contributed by atoms with Crippen molar-refractivity contribution in [2.45, 2.75) is 13.5 Å². The summed E-state index contributed by atoms with van der Waals surface area (Å²) in [7, 11) is -4.15. The van der Waals surface area contributed by atoms with Crippen LogP contribution in [0.2, 0.25) is 0 Å². The molecule has 0 saturated carbocycles. The van der Waals surface area contributed by atoms with Gasteiger partial charge < -0.3 is 4.74 Å². The molecule has 0 bridgehead atoms. The van der Waals surface area contributed by atoms with Crippen molar-refractivity contribution in [1.82, 2.24) is 4.72 Å². The molecule has 6 nitrogen and oxygen atoms in total. The summed E-state index contributed by atoms with van der Waals surface area (Å²) in [4.78, 5) is 11.5. The van der Waals surface area contributed by atoms with E-state index in [-0.39, 0.29) is 22.5 Å². The quantitative estimate of drug-likeness (QED) is 0.811. The Hall–Kier alpha value is -2.13. The van der Waals surface area contributed by atoms with Gasteiger partial charge in [0, 0.05) is 0 Å². The second kappa shape index (κ2) is 6.64. The molecule has 0 aliphatic carbocycles. The fourth-order valence-corrected chi connectivity index (χ4v) is 3.90. The predicted molar refractivity (Wildman–Crippen MR) is 94.0 cm³/mol. The minimum Gasteiger partial charge on any atom is -0.487 e. The van der Waals surface area contributed by atoms with Gasteiger partial charge in [-0.25, -0.2) is 13.4 Å². The fraction of sp³-hybridized carbons (Fsp3) is 0.188. The maximum absolute atomic E-state index is 14.8. The minimum atomic E-state index is -4.15. The summed E-state index contributed by atoms with van der Waals surface area (Å²) in [5.41, 5.74) is 1.08. The number of rotatable bonds is 4. The van der Waals surface area contributed by atoms with Gasteiger partial charge in [-0.1, -0.05) is 30.3 Å². The molecule has 0 radical (unpaired) electrons. The molecule has 25 heavy (non-hydrogen) atoms. The molecule has 0 atom stereocenters. The molecule has 2 aromatic carbocycles. The van der Waals surface area contributed by atoms with Gasteiger partial charge in [0.1, 0.15) is 24.6 Å². The number of hydrogen-bond acceptors (Lipinski definition) is 4. The lowest BCUT2D eigenvalue weighted by atomic mass is 10.2. The van der Waals surface area contributed by atoms with Gasteiger partial charge in [-0.05, 0) is 40.0 Å². The number of benzene rings is 2. The highest BCUT2D eigenvalue weighted by Crippen LogP contribution is 2.40. The summed E-state index contributed by atoms with van der Waals surface area (Å²) in [6.45, 7) is 1.29. The van der Waals surface area contributed by atoms with Crippen LogP contribution >= 0.6 is 15.9 Å². The standard InChI is InChI=1S/C16H14BrFN2O4S/c1-10-7-12(24-9-11-5-3-2-4-6-11)16(15(18)14(10)17)20-8-13(21)19-25(20,22)23/h2-7H,8-9H2,1H3,(H,19,21). The third-order valence-electron chi connectivity index (χ3n) is 3.63. The summed E-state index contributed by atoms with van der Waals surface area (Å²) in [5.74, 6) is -1.49. The van der Waals surface area contributed by atoms with Crippen LogP contribution in [0.3, 0.4) is 0 Å². The Bertz CT molecular complexity index is 935. The Labute approximate surface area is 152 Å². The second-order valence-electron chi connectivity index (χ2n) is 5.48. The van der Waals surface area contributed by atoms with Crippen molar-refractivity contribution in [3.63, 3.8) is 0 Å². The number of carbonyl (C=O) groups excluding carboxylic acids is 1. The summed E-state index contributed by atoms with van der Waals surface area (Å²) in [6.07, 6.45) is 0. The average molecular weight is 429 g/mol.